The van der Waals surface area contributed by atoms with Crippen LogP contribution in [0.1, 0.15) is 51.4 Å². The molecule has 0 spiro atoms. The number of thioether (sulfide) groups is 1. The predicted molar refractivity (Wildman–Crippen MR) is 90.4 cm³/mol. The molecule has 3 nitrogen and oxygen atoms in total. The molecular formula is C17H27NO2S. The molecule has 1 aromatic rings. The van der Waals surface area contributed by atoms with E-state index in [1.54, 1.807) is 18.9 Å². The van der Waals surface area contributed by atoms with Crippen LogP contribution in [0.5, 0.6) is 5.75 Å². The Labute approximate surface area is 132 Å². The van der Waals surface area contributed by atoms with Crippen molar-refractivity contribution in [3.8, 4) is 5.75 Å². The van der Waals surface area contributed by atoms with Gasteiger partial charge in [-0.25, -0.2) is 0 Å². The lowest BCUT2D eigenvalue weighted by Crippen LogP contribution is -2.45. The highest BCUT2D eigenvalue weighted by molar-refractivity contribution is 7.98. The number of rotatable bonds is 5. The highest BCUT2D eigenvalue weighted by Gasteiger charge is 2.28. The van der Waals surface area contributed by atoms with E-state index in [2.05, 4.69) is 39.9 Å². The summed E-state index contributed by atoms with van der Waals surface area (Å²) in [5.41, 5.74) is 0.472. The first-order chi connectivity index (χ1) is 9.58. The van der Waals surface area contributed by atoms with Crippen LogP contribution in [0, 0.1) is 5.41 Å². The average Bonchev–Trinajstić information content (AvgIpc) is 2.34. The summed E-state index contributed by atoms with van der Waals surface area (Å²) in [7, 11) is 1.59. The van der Waals surface area contributed by atoms with Crippen molar-refractivity contribution in [2.75, 3.05) is 13.4 Å². The van der Waals surface area contributed by atoms with E-state index in [1.165, 1.54) is 0 Å². The summed E-state index contributed by atoms with van der Waals surface area (Å²) in [6.45, 7) is 10.6. The van der Waals surface area contributed by atoms with E-state index in [0.717, 1.165) is 11.3 Å². The number of hydrogen-bond acceptors (Lipinski definition) is 3. The molecule has 0 fully saturated rings. The van der Waals surface area contributed by atoms with Crippen molar-refractivity contribution in [2.24, 2.45) is 5.41 Å². The number of carbonyl (C=O) groups excluding carboxylic acids is 1. The second kappa shape index (κ2) is 6.73. The van der Waals surface area contributed by atoms with E-state index >= 15 is 0 Å². The minimum Gasteiger partial charge on any atom is -0.496 e. The molecule has 0 aliphatic rings. The number of amides is 1. The van der Waals surface area contributed by atoms with Gasteiger partial charge in [-0.2, -0.15) is 0 Å². The van der Waals surface area contributed by atoms with Crippen LogP contribution in [-0.2, 0) is 0 Å². The third-order valence-corrected chi connectivity index (χ3v) is 3.80. The summed E-state index contributed by atoms with van der Waals surface area (Å²) in [6.07, 6.45) is 2.90. The lowest BCUT2D eigenvalue weighted by Gasteiger charge is -2.33. The molecule has 0 atom stereocenters. The zero-order chi connectivity index (χ0) is 16.3. The maximum absolute atomic E-state index is 12.5. The second-order valence-corrected chi connectivity index (χ2v) is 8.02. The molecule has 0 aliphatic heterocycles. The van der Waals surface area contributed by atoms with Crippen LogP contribution in [-0.4, -0.2) is 24.8 Å². The van der Waals surface area contributed by atoms with Crippen molar-refractivity contribution in [3.63, 3.8) is 0 Å². The molecule has 0 radical (unpaired) electrons. The minimum absolute atomic E-state index is 0.0891. The topological polar surface area (TPSA) is 38.3 Å². The van der Waals surface area contributed by atoms with Gasteiger partial charge in [-0.3, -0.25) is 4.79 Å². The Balaban J connectivity index is 2.94. The number of hydrogen-bond donors (Lipinski definition) is 1. The lowest BCUT2D eigenvalue weighted by atomic mass is 9.81. The second-order valence-electron chi connectivity index (χ2n) is 7.14. The molecule has 0 bridgehead atoms. The minimum atomic E-state index is -0.265. The fraction of sp³-hybridized carbons (Fsp3) is 0.588. The quantitative estimate of drug-likeness (QED) is 0.821. The summed E-state index contributed by atoms with van der Waals surface area (Å²) < 4.78 is 5.35. The van der Waals surface area contributed by atoms with Crippen molar-refractivity contribution < 1.29 is 9.53 Å². The highest BCUT2D eigenvalue weighted by atomic mass is 32.2. The highest BCUT2D eigenvalue weighted by Crippen LogP contribution is 2.29. The first-order valence-corrected chi connectivity index (χ1v) is 8.35. The van der Waals surface area contributed by atoms with E-state index in [0.29, 0.717) is 11.3 Å². The van der Waals surface area contributed by atoms with E-state index < -0.39 is 0 Å². The number of nitrogens with one attached hydrogen (secondary N) is 1. The molecule has 1 rings (SSSR count). The summed E-state index contributed by atoms with van der Waals surface area (Å²) in [4.78, 5) is 13.6. The van der Waals surface area contributed by atoms with Crippen molar-refractivity contribution in [1.82, 2.24) is 5.32 Å². The van der Waals surface area contributed by atoms with Crippen molar-refractivity contribution in [3.05, 3.63) is 23.8 Å². The van der Waals surface area contributed by atoms with Gasteiger partial charge in [-0.05, 0) is 50.1 Å². The predicted octanol–water partition coefficient (Wildman–Crippen LogP) is 4.36. The third-order valence-electron chi connectivity index (χ3n) is 3.08. The molecule has 0 unspecified atom stereocenters. The Hall–Kier alpha value is -1.16. The Morgan fingerprint density at radius 1 is 1.24 bits per heavy atom. The van der Waals surface area contributed by atoms with E-state index in [9.17, 15) is 4.79 Å². The third kappa shape index (κ3) is 5.62. The van der Waals surface area contributed by atoms with Crippen molar-refractivity contribution in [1.29, 1.82) is 0 Å². The largest absolute Gasteiger partial charge is 0.496 e. The van der Waals surface area contributed by atoms with Crippen LogP contribution in [0.15, 0.2) is 23.1 Å². The first kappa shape index (κ1) is 17.9. The molecule has 0 saturated heterocycles. The zero-order valence-electron chi connectivity index (χ0n) is 14.2. The molecular weight excluding hydrogens is 282 g/mol. The van der Waals surface area contributed by atoms with Crippen LogP contribution in [0.2, 0.25) is 0 Å². The van der Waals surface area contributed by atoms with E-state index in [4.69, 9.17) is 4.74 Å². The molecule has 4 heteroatoms. The molecule has 1 N–H and O–H groups in total. The Morgan fingerprint density at radius 3 is 2.33 bits per heavy atom. The maximum Gasteiger partial charge on any atom is 0.255 e. The first-order valence-electron chi connectivity index (χ1n) is 7.12. The van der Waals surface area contributed by atoms with E-state index in [-0.39, 0.29) is 16.9 Å². The number of ether oxygens (including phenoxy) is 1. The Bertz CT molecular complexity index is 504. The van der Waals surface area contributed by atoms with Gasteiger partial charge < -0.3 is 10.1 Å². The normalized spacial score (nSPS) is 12.1. The summed E-state index contributed by atoms with van der Waals surface area (Å²) in [6, 6.07) is 5.67. The van der Waals surface area contributed by atoms with Gasteiger partial charge >= 0.3 is 0 Å². The van der Waals surface area contributed by atoms with Gasteiger partial charge in [-0.15, -0.1) is 11.8 Å². The molecule has 0 saturated carbocycles. The fourth-order valence-corrected chi connectivity index (χ4v) is 3.16. The van der Waals surface area contributed by atoms with Crippen molar-refractivity contribution in [2.45, 2.75) is 51.5 Å². The van der Waals surface area contributed by atoms with Crippen molar-refractivity contribution >= 4 is 17.7 Å². The Morgan fingerprint density at radius 2 is 1.86 bits per heavy atom. The molecule has 1 aromatic carbocycles. The van der Waals surface area contributed by atoms with Crippen LogP contribution in [0.25, 0.3) is 0 Å². The standard InChI is InChI=1S/C17H27NO2S/c1-16(2,3)11-17(4,5)18-15(19)13-9-8-12(21-7)10-14(13)20-6/h8-10H,11H2,1-7H3,(H,18,19). The monoisotopic (exact) mass is 309 g/mol. The van der Waals surface area contributed by atoms with Crippen LogP contribution < -0.4 is 10.1 Å². The fourth-order valence-electron chi connectivity index (χ4n) is 2.73. The number of carbonyl (C=O) groups is 1. The number of benzene rings is 1. The number of methoxy groups -OCH3 is 1. The van der Waals surface area contributed by atoms with E-state index in [1.807, 2.05) is 24.5 Å². The molecule has 0 aliphatic carbocycles. The van der Waals surface area contributed by atoms with Gasteiger partial charge in [0, 0.05) is 10.4 Å². The van der Waals surface area contributed by atoms with Crippen LogP contribution in [0.4, 0.5) is 0 Å². The maximum atomic E-state index is 12.5. The lowest BCUT2D eigenvalue weighted by molar-refractivity contribution is 0.0888. The van der Waals surface area contributed by atoms with Gasteiger partial charge in [0.1, 0.15) is 5.75 Å². The van der Waals surface area contributed by atoms with Gasteiger partial charge in [-0.1, -0.05) is 20.8 Å². The molecule has 118 valence electrons. The molecule has 1 amide bonds. The Kier molecular flexibility index (Phi) is 5.74. The summed E-state index contributed by atoms with van der Waals surface area (Å²) >= 11 is 1.63. The van der Waals surface area contributed by atoms with Gasteiger partial charge in [0.25, 0.3) is 5.91 Å². The smallest absolute Gasteiger partial charge is 0.255 e. The van der Waals surface area contributed by atoms with Crippen LogP contribution in [0.3, 0.4) is 0 Å². The van der Waals surface area contributed by atoms with Gasteiger partial charge in [0.05, 0.1) is 12.7 Å². The van der Waals surface area contributed by atoms with Crippen LogP contribution >= 0.6 is 11.8 Å². The zero-order valence-corrected chi connectivity index (χ0v) is 15.0. The molecule has 0 aromatic heterocycles. The summed E-state index contributed by atoms with van der Waals surface area (Å²) in [5.74, 6) is 0.527. The van der Waals surface area contributed by atoms with Gasteiger partial charge in [0.15, 0.2) is 0 Å². The molecule has 21 heavy (non-hydrogen) atoms. The average molecular weight is 309 g/mol. The summed E-state index contributed by atoms with van der Waals surface area (Å²) in [5, 5.41) is 3.12. The SMILES string of the molecule is COc1cc(SC)ccc1C(=O)NC(C)(C)CC(C)(C)C. The van der Waals surface area contributed by atoms with Gasteiger partial charge in [0.2, 0.25) is 0 Å². The molecule has 0 heterocycles.